The van der Waals surface area contributed by atoms with E-state index in [1.165, 1.54) is 13.5 Å². The molecule has 10 nitrogen and oxygen atoms in total. The molecule has 1 amide bonds. The molecule has 0 unspecified atom stereocenters. The number of methoxy groups -OCH3 is 1. The number of carboxylic acids is 1. The first-order chi connectivity index (χ1) is 24.3. The van der Waals surface area contributed by atoms with Crippen LogP contribution in [0.4, 0.5) is 11.4 Å². The van der Waals surface area contributed by atoms with Crippen molar-refractivity contribution < 1.29 is 29.0 Å². The lowest BCUT2D eigenvalue weighted by atomic mass is 9.82. The average Bonchev–Trinajstić information content (AvgIpc) is 3.71. The lowest BCUT2D eigenvalue weighted by Crippen LogP contribution is -2.44. The van der Waals surface area contributed by atoms with E-state index < -0.39 is 11.9 Å². The fraction of sp³-hybridized carbons (Fsp3) is 0.425. The van der Waals surface area contributed by atoms with Gasteiger partial charge in [-0.25, -0.2) is 4.79 Å². The van der Waals surface area contributed by atoms with E-state index in [1.54, 1.807) is 12.1 Å². The Balaban J connectivity index is 1.22. The van der Waals surface area contributed by atoms with Crippen LogP contribution < -0.4 is 14.5 Å². The van der Waals surface area contributed by atoms with Gasteiger partial charge in [-0.15, -0.1) is 0 Å². The fourth-order valence-electron chi connectivity index (χ4n) is 8.04. The summed E-state index contributed by atoms with van der Waals surface area (Å²) >= 11 is 0. The number of hydrogen-bond donors (Lipinski definition) is 1. The summed E-state index contributed by atoms with van der Waals surface area (Å²) < 4.78 is 13.3. The van der Waals surface area contributed by atoms with Crippen molar-refractivity contribution in [3.63, 3.8) is 0 Å². The molecule has 50 heavy (non-hydrogen) atoms. The van der Waals surface area contributed by atoms with Gasteiger partial charge in [0, 0.05) is 61.5 Å². The number of esters is 1. The molecule has 2 aliphatic heterocycles. The number of rotatable bonds is 10. The third-order valence-corrected chi connectivity index (χ3v) is 10.6. The summed E-state index contributed by atoms with van der Waals surface area (Å²) in [5, 5.41) is 11.0. The molecule has 3 aliphatic rings. The number of likely N-dealkylation sites (N-methyl/N-ethyl adjacent to an activating group) is 1. The third kappa shape index (κ3) is 6.81. The molecule has 1 N–H and O–H groups in total. The van der Waals surface area contributed by atoms with Crippen LogP contribution in [0.3, 0.4) is 0 Å². The van der Waals surface area contributed by atoms with Crippen LogP contribution in [0.15, 0.2) is 60.7 Å². The smallest absolute Gasteiger partial charge is 0.337 e. The minimum Gasteiger partial charge on any atom is -0.489 e. The zero-order valence-electron chi connectivity index (χ0n) is 29.0. The highest BCUT2D eigenvalue weighted by molar-refractivity contribution is 5.99. The normalized spacial score (nSPS) is 17.4. The minimum absolute atomic E-state index is 0.161. The molecule has 3 aromatic carbocycles. The number of anilines is 2. The van der Waals surface area contributed by atoms with Crippen LogP contribution in [0.1, 0.15) is 72.3 Å². The lowest BCUT2D eigenvalue weighted by Gasteiger charge is -2.35. The van der Waals surface area contributed by atoms with Crippen molar-refractivity contribution in [2.24, 2.45) is 0 Å². The molecule has 1 aliphatic carbocycles. The second-order valence-corrected chi connectivity index (χ2v) is 13.9. The van der Waals surface area contributed by atoms with Gasteiger partial charge in [-0.2, -0.15) is 0 Å². The number of fused-ring (bicyclic) bond motifs is 1. The fourth-order valence-corrected chi connectivity index (χ4v) is 8.04. The van der Waals surface area contributed by atoms with Crippen molar-refractivity contribution in [2.45, 2.75) is 64.0 Å². The molecule has 10 heteroatoms. The Morgan fingerprint density at radius 1 is 0.880 bits per heavy atom. The molecule has 3 heterocycles. The molecule has 3 fully saturated rings. The second kappa shape index (κ2) is 14.6. The number of amides is 1. The van der Waals surface area contributed by atoms with Gasteiger partial charge < -0.3 is 33.8 Å². The lowest BCUT2D eigenvalue weighted by molar-refractivity contribution is -0.137. The van der Waals surface area contributed by atoms with Crippen molar-refractivity contribution >= 4 is 40.1 Å². The number of nitrogens with zero attached hydrogens (tertiary/aromatic N) is 4. The van der Waals surface area contributed by atoms with Crippen molar-refractivity contribution in [2.75, 3.05) is 56.7 Å². The Morgan fingerprint density at radius 3 is 2.32 bits per heavy atom. The van der Waals surface area contributed by atoms with Crippen molar-refractivity contribution in [1.29, 1.82) is 0 Å². The van der Waals surface area contributed by atoms with E-state index >= 15 is 0 Å². The SMILES string of the molecule is COC(=O)c1ccc2c(C3CCCCC3)c(-c3ccc(OCc4cc(N5CCCC5=O)ccc4N4CCN(C)CC4)cc3)n(CC(=O)O)c2c1. The number of carbonyl (C=O) groups is 3. The van der Waals surface area contributed by atoms with Crippen LogP contribution in [-0.2, 0) is 27.5 Å². The van der Waals surface area contributed by atoms with Gasteiger partial charge in [-0.3, -0.25) is 9.59 Å². The molecule has 0 bridgehead atoms. The zero-order chi connectivity index (χ0) is 34.8. The summed E-state index contributed by atoms with van der Waals surface area (Å²) in [5.41, 5.74) is 7.13. The van der Waals surface area contributed by atoms with E-state index in [0.717, 1.165) is 109 Å². The van der Waals surface area contributed by atoms with Gasteiger partial charge in [-0.1, -0.05) is 25.3 Å². The maximum atomic E-state index is 12.6. The van der Waals surface area contributed by atoms with E-state index in [0.29, 0.717) is 30.3 Å². The van der Waals surface area contributed by atoms with E-state index in [1.807, 2.05) is 39.8 Å². The molecular weight excluding hydrogens is 632 g/mol. The number of piperazine rings is 1. The largest absolute Gasteiger partial charge is 0.489 e. The number of benzene rings is 3. The maximum absolute atomic E-state index is 12.6. The molecule has 1 saturated carbocycles. The first-order valence-electron chi connectivity index (χ1n) is 17.9. The van der Waals surface area contributed by atoms with Crippen LogP contribution in [0.5, 0.6) is 5.75 Å². The molecule has 0 atom stereocenters. The highest BCUT2D eigenvalue weighted by Gasteiger charge is 2.28. The standard InChI is InChI=1S/C40H46N4O6/c1-41-19-21-42(22-20-41)34-17-13-31(43-18-6-9-36(43)45)23-30(34)26-50-32-14-10-28(11-15-32)39-38(27-7-4-3-5-8-27)33-16-12-29(40(48)49-2)24-35(33)44(39)25-37(46)47/h10-17,23-24,27H,3-9,18-22,25-26H2,1-2H3,(H,46,47). The molecule has 7 rings (SSSR count). The molecule has 0 radical (unpaired) electrons. The van der Waals surface area contributed by atoms with Gasteiger partial charge >= 0.3 is 11.9 Å². The van der Waals surface area contributed by atoms with E-state index in [-0.39, 0.29) is 12.5 Å². The Kier molecular flexibility index (Phi) is 9.81. The van der Waals surface area contributed by atoms with Crippen LogP contribution in [0, 0.1) is 0 Å². The van der Waals surface area contributed by atoms with Gasteiger partial charge in [0.05, 0.1) is 23.9 Å². The first-order valence-corrected chi connectivity index (χ1v) is 17.9. The summed E-state index contributed by atoms with van der Waals surface area (Å²) in [5.74, 6) is -0.247. The van der Waals surface area contributed by atoms with Crippen molar-refractivity contribution in [3.8, 4) is 17.0 Å². The number of aromatic nitrogens is 1. The molecule has 2 saturated heterocycles. The molecule has 0 spiro atoms. The monoisotopic (exact) mass is 678 g/mol. The highest BCUT2D eigenvalue weighted by Crippen LogP contribution is 2.44. The highest BCUT2D eigenvalue weighted by atomic mass is 16.5. The predicted molar refractivity (Wildman–Crippen MR) is 194 cm³/mol. The number of hydrogen-bond acceptors (Lipinski definition) is 7. The molecular formula is C40H46N4O6. The van der Waals surface area contributed by atoms with Crippen LogP contribution in [-0.4, -0.2) is 79.3 Å². The molecule has 262 valence electrons. The topological polar surface area (TPSA) is 105 Å². The van der Waals surface area contributed by atoms with Gasteiger partial charge in [0.25, 0.3) is 0 Å². The van der Waals surface area contributed by atoms with E-state index in [4.69, 9.17) is 9.47 Å². The average molecular weight is 679 g/mol. The summed E-state index contributed by atoms with van der Waals surface area (Å²) in [7, 11) is 3.50. The maximum Gasteiger partial charge on any atom is 0.337 e. The van der Waals surface area contributed by atoms with Crippen molar-refractivity contribution in [1.82, 2.24) is 9.47 Å². The van der Waals surface area contributed by atoms with Gasteiger partial charge in [0.15, 0.2) is 0 Å². The number of aliphatic carboxylic acids is 1. The Labute approximate surface area is 293 Å². The van der Waals surface area contributed by atoms with Crippen LogP contribution in [0.2, 0.25) is 0 Å². The Bertz CT molecular complexity index is 1890. The quantitative estimate of drug-likeness (QED) is 0.185. The molecule has 1 aromatic heterocycles. The minimum atomic E-state index is -0.948. The van der Waals surface area contributed by atoms with Gasteiger partial charge in [0.1, 0.15) is 18.9 Å². The number of ether oxygens (including phenoxy) is 2. The second-order valence-electron chi connectivity index (χ2n) is 13.9. The zero-order valence-corrected chi connectivity index (χ0v) is 29.0. The summed E-state index contributed by atoms with van der Waals surface area (Å²) in [6, 6.07) is 19.7. The van der Waals surface area contributed by atoms with Crippen molar-refractivity contribution in [3.05, 3.63) is 77.4 Å². The van der Waals surface area contributed by atoms with E-state index in [9.17, 15) is 19.5 Å². The summed E-state index contributed by atoms with van der Waals surface area (Å²) in [4.78, 5) is 43.9. The summed E-state index contributed by atoms with van der Waals surface area (Å²) in [6.07, 6.45) is 6.99. The van der Waals surface area contributed by atoms with E-state index in [2.05, 4.69) is 35.0 Å². The van der Waals surface area contributed by atoms with Gasteiger partial charge in [0.2, 0.25) is 5.91 Å². The van der Waals surface area contributed by atoms with Crippen LogP contribution in [0.25, 0.3) is 22.2 Å². The number of carbonyl (C=O) groups excluding carboxylic acids is 2. The third-order valence-electron chi connectivity index (χ3n) is 10.6. The number of carboxylic acid groups (broad SMARTS) is 1. The first kappa shape index (κ1) is 33.7. The van der Waals surface area contributed by atoms with Crippen LogP contribution >= 0.6 is 0 Å². The van der Waals surface area contributed by atoms with Gasteiger partial charge in [-0.05, 0) is 98.0 Å². The Hall–Kier alpha value is -4.83. The predicted octanol–water partition coefficient (Wildman–Crippen LogP) is 6.68. The Morgan fingerprint density at radius 2 is 1.64 bits per heavy atom. The summed E-state index contributed by atoms with van der Waals surface area (Å²) in [6.45, 7) is 4.68. The molecule has 4 aromatic rings.